The standard InChI is InChI=1S/C17H14/c1-2-6-12(7-3-1)17-15-9-5-4-8-13(15)10-14-11-16(14)17/h1-10,14,16H,11H2. The highest BCUT2D eigenvalue weighted by molar-refractivity contribution is 5.73. The second-order valence-corrected chi connectivity index (χ2v) is 5.04. The third-order valence-electron chi connectivity index (χ3n) is 3.94. The van der Waals surface area contributed by atoms with Crippen LogP contribution >= 0.6 is 0 Å². The van der Waals surface area contributed by atoms with Crippen molar-refractivity contribution in [2.75, 3.05) is 0 Å². The van der Waals surface area contributed by atoms with Crippen LogP contribution in [0.5, 0.6) is 0 Å². The molecule has 0 spiro atoms. The Kier molecular flexibility index (Phi) is 1.81. The van der Waals surface area contributed by atoms with E-state index >= 15 is 0 Å². The van der Waals surface area contributed by atoms with Gasteiger partial charge in [-0.2, -0.15) is 0 Å². The molecule has 0 heteroatoms. The molecule has 2 aromatic carbocycles. The van der Waals surface area contributed by atoms with Crippen molar-refractivity contribution in [3.63, 3.8) is 0 Å². The van der Waals surface area contributed by atoms with E-state index in [4.69, 9.17) is 0 Å². The highest BCUT2D eigenvalue weighted by Crippen LogP contribution is 2.48. The number of rotatable bonds is 1. The van der Waals surface area contributed by atoms with E-state index in [0.717, 1.165) is 11.8 Å². The van der Waals surface area contributed by atoms with Crippen molar-refractivity contribution in [1.29, 1.82) is 0 Å². The van der Waals surface area contributed by atoms with E-state index < -0.39 is 0 Å². The van der Waals surface area contributed by atoms with Gasteiger partial charge < -0.3 is 0 Å². The molecule has 2 aromatic rings. The van der Waals surface area contributed by atoms with Crippen molar-refractivity contribution in [3.8, 4) is 0 Å². The molecule has 1 saturated carbocycles. The fourth-order valence-corrected chi connectivity index (χ4v) is 3.04. The summed E-state index contributed by atoms with van der Waals surface area (Å²) in [6.07, 6.45) is 3.78. The topological polar surface area (TPSA) is 0 Å². The first-order valence-corrected chi connectivity index (χ1v) is 6.30. The molecule has 0 amide bonds. The maximum Gasteiger partial charge on any atom is -0.00805 e. The summed E-state index contributed by atoms with van der Waals surface area (Å²) in [5.74, 6) is 1.56. The molecule has 2 aliphatic rings. The Hall–Kier alpha value is -1.82. The molecule has 2 aliphatic carbocycles. The summed E-state index contributed by atoms with van der Waals surface area (Å²) in [6, 6.07) is 19.7. The van der Waals surface area contributed by atoms with Gasteiger partial charge in [0.1, 0.15) is 0 Å². The van der Waals surface area contributed by atoms with Gasteiger partial charge in [-0.25, -0.2) is 0 Å². The van der Waals surface area contributed by atoms with Crippen LogP contribution < -0.4 is 10.4 Å². The summed E-state index contributed by atoms with van der Waals surface area (Å²) in [5.41, 5.74) is 2.97. The van der Waals surface area contributed by atoms with Gasteiger partial charge in [0.2, 0.25) is 0 Å². The fourth-order valence-electron chi connectivity index (χ4n) is 3.04. The van der Waals surface area contributed by atoms with E-state index in [2.05, 4.69) is 60.7 Å². The zero-order chi connectivity index (χ0) is 11.2. The molecule has 0 N–H and O–H groups in total. The van der Waals surface area contributed by atoms with Crippen LogP contribution in [-0.4, -0.2) is 0 Å². The van der Waals surface area contributed by atoms with Crippen LogP contribution in [0.4, 0.5) is 0 Å². The third kappa shape index (κ3) is 1.37. The monoisotopic (exact) mass is 218 g/mol. The Labute approximate surface area is 101 Å². The van der Waals surface area contributed by atoms with Gasteiger partial charge in [-0.3, -0.25) is 0 Å². The van der Waals surface area contributed by atoms with Crippen LogP contribution in [0.2, 0.25) is 0 Å². The summed E-state index contributed by atoms with van der Waals surface area (Å²) >= 11 is 0. The summed E-state index contributed by atoms with van der Waals surface area (Å²) in [5, 5.41) is 2.86. The minimum absolute atomic E-state index is 0.771. The minimum Gasteiger partial charge on any atom is -0.0729 e. The molecule has 0 heterocycles. The molecule has 17 heavy (non-hydrogen) atoms. The Balaban J connectivity index is 2.09. The van der Waals surface area contributed by atoms with Crippen LogP contribution in [0.1, 0.15) is 12.0 Å². The predicted octanol–water partition coefficient (Wildman–Crippen LogP) is 2.32. The third-order valence-corrected chi connectivity index (χ3v) is 3.94. The molecule has 1 fully saturated rings. The first-order valence-electron chi connectivity index (χ1n) is 6.30. The van der Waals surface area contributed by atoms with Crippen molar-refractivity contribution >= 4 is 11.6 Å². The van der Waals surface area contributed by atoms with Crippen molar-refractivity contribution in [3.05, 3.63) is 70.6 Å². The van der Waals surface area contributed by atoms with Crippen LogP contribution in [0.3, 0.4) is 0 Å². The number of fused-ring (bicyclic) bond motifs is 2. The van der Waals surface area contributed by atoms with E-state index in [1.807, 2.05) is 0 Å². The lowest BCUT2D eigenvalue weighted by molar-refractivity contribution is 1.02. The Morgan fingerprint density at radius 2 is 1.59 bits per heavy atom. The lowest BCUT2D eigenvalue weighted by atomic mass is 9.93. The lowest BCUT2D eigenvalue weighted by Gasteiger charge is -2.11. The van der Waals surface area contributed by atoms with Gasteiger partial charge in [-0.1, -0.05) is 60.7 Å². The van der Waals surface area contributed by atoms with Crippen molar-refractivity contribution in [2.45, 2.75) is 6.42 Å². The molecule has 2 unspecified atom stereocenters. The Morgan fingerprint density at radius 3 is 2.47 bits per heavy atom. The van der Waals surface area contributed by atoms with Gasteiger partial charge in [0.25, 0.3) is 0 Å². The van der Waals surface area contributed by atoms with E-state index in [1.54, 1.807) is 5.57 Å². The molecule has 0 radical (unpaired) electrons. The molecule has 0 nitrogen and oxygen atoms in total. The number of hydrogen-bond acceptors (Lipinski definition) is 0. The first-order chi connectivity index (χ1) is 8.43. The van der Waals surface area contributed by atoms with E-state index in [1.165, 1.54) is 22.4 Å². The summed E-state index contributed by atoms with van der Waals surface area (Å²) in [7, 11) is 0. The summed E-state index contributed by atoms with van der Waals surface area (Å²) in [4.78, 5) is 0. The second kappa shape index (κ2) is 3.33. The van der Waals surface area contributed by atoms with Gasteiger partial charge in [0, 0.05) is 0 Å². The van der Waals surface area contributed by atoms with Gasteiger partial charge in [0.05, 0.1) is 0 Å². The number of hydrogen-bond donors (Lipinski definition) is 0. The van der Waals surface area contributed by atoms with Crippen LogP contribution in [-0.2, 0) is 0 Å². The quantitative estimate of drug-likeness (QED) is 0.689. The molecular formula is C17H14. The normalized spacial score (nSPS) is 24.6. The molecular weight excluding hydrogens is 204 g/mol. The van der Waals surface area contributed by atoms with Gasteiger partial charge in [-0.05, 0) is 39.8 Å². The van der Waals surface area contributed by atoms with Crippen molar-refractivity contribution < 1.29 is 0 Å². The molecule has 2 atom stereocenters. The summed E-state index contributed by atoms with van der Waals surface area (Å²) < 4.78 is 0. The van der Waals surface area contributed by atoms with Crippen LogP contribution in [0.25, 0.3) is 11.6 Å². The SMILES string of the molecule is C1=c2ccccc2=C(c2ccccc2)C2CC12. The molecule has 4 rings (SSSR count). The maximum atomic E-state index is 2.45. The second-order valence-electron chi connectivity index (χ2n) is 5.04. The predicted molar refractivity (Wildman–Crippen MR) is 70.7 cm³/mol. The Morgan fingerprint density at radius 1 is 0.824 bits per heavy atom. The zero-order valence-electron chi connectivity index (χ0n) is 9.64. The van der Waals surface area contributed by atoms with Crippen molar-refractivity contribution in [2.24, 2.45) is 11.8 Å². The zero-order valence-corrected chi connectivity index (χ0v) is 9.64. The van der Waals surface area contributed by atoms with Gasteiger partial charge in [0.15, 0.2) is 0 Å². The molecule has 0 aliphatic heterocycles. The summed E-state index contributed by atoms with van der Waals surface area (Å²) in [6.45, 7) is 0. The maximum absolute atomic E-state index is 2.45. The molecule has 0 bridgehead atoms. The Bertz CT molecular complexity index is 679. The molecule has 0 saturated heterocycles. The lowest BCUT2D eigenvalue weighted by Crippen LogP contribution is -2.30. The molecule has 82 valence electrons. The fraction of sp³-hybridized carbons (Fsp3) is 0.176. The van der Waals surface area contributed by atoms with E-state index in [0.29, 0.717) is 0 Å². The van der Waals surface area contributed by atoms with Gasteiger partial charge in [-0.15, -0.1) is 0 Å². The number of benzene rings is 2. The smallest absolute Gasteiger partial charge is 0.00805 e. The van der Waals surface area contributed by atoms with Crippen molar-refractivity contribution in [1.82, 2.24) is 0 Å². The van der Waals surface area contributed by atoms with E-state index in [-0.39, 0.29) is 0 Å². The van der Waals surface area contributed by atoms with Crippen LogP contribution in [0, 0.1) is 11.8 Å². The van der Waals surface area contributed by atoms with Crippen LogP contribution in [0.15, 0.2) is 54.6 Å². The largest absolute Gasteiger partial charge is 0.0729 e. The highest BCUT2D eigenvalue weighted by Gasteiger charge is 2.40. The van der Waals surface area contributed by atoms with E-state index in [9.17, 15) is 0 Å². The first kappa shape index (κ1) is 9.23. The molecule has 0 aromatic heterocycles. The highest BCUT2D eigenvalue weighted by atomic mass is 14.4. The average Bonchev–Trinajstić information content (AvgIpc) is 3.15. The average molecular weight is 218 g/mol. The van der Waals surface area contributed by atoms with Gasteiger partial charge >= 0.3 is 0 Å². The minimum atomic E-state index is 0.771.